The van der Waals surface area contributed by atoms with Gasteiger partial charge in [0.25, 0.3) is 0 Å². The highest BCUT2D eigenvalue weighted by atomic mass is 16.5. The summed E-state index contributed by atoms with van der Waals surface area (Å²) in [5.74, 6) is 1.000. The summed E-state index contributed by atoms with van der Waals surface area (Å²) >= 11 is 0. The van der Waals surface area contributed by atoms with Gasteiger partial charge in [-0.05, 0) is 36.4 Å². The van der Waals surface area contributed by atoms with Crippen LogP contribution in [-0.2, 0) is 6.61 Å². The second-order valence-corrected chi connectivity index (χ2v) is 5.98. The molecule has 0 spiro atoms. The molecule has 1 heterocycles. The van der Waals surface area contributed by atoms with Gasteiger partial charge >= 0.3 is 0 Å². The van der Waals surface area contributed by atoms with Gasteiger partial charge in [0, 0.05) is 27.8 Å². The normalized spacial score (nSPS) is 14.2. The van der Waals surface area contributed by atoms with Crippen LogP contribution >= 0.6 is 0 Å². The molecule has 4 rings (SSSR count). The van der Waals surface area contributed by atoms with Gasteiger partial charge in [-0.3, -0.25) is 4.98 Å². The Morgan fingerprint density at radius 3 is 2.58 bits per heavy atom. The molecule has 0 saturated heterocycles. The number of aliphatic hydroxyl groups excluding tert-OH is 1. The number of fused-ring (bicyclic) bond motifs is 1. The van der Waals surface area contributed by atoms with E-state index in [1.165, 1.54) is 0 Å². The third-order valence-corrected chi connectivity index (χ3v) is 4.24. The van der Waals surface area contributed by atoms with Gasteiger partial charge in [0.2, 0.25) is 0 Å². The Hall–Kier alpha value is -3.53. The second-order valence-electron chi connectivity index (χ2n) is 5.98. The molecule has 0 unspecified atom stereocenters. The second kappa shape index (κ2) is 6.76. The average Bonchev–Trinajstić information content (AvgIpc) is 2.99. The molecule has 1 aromatic heterocycles. The van der Waals surface area contributed by atoms with Crippen LogP contribution in [0.2, 0.25) is 0 Å². The Balaban J connectivity index is 1.67. The first-order chi connectivity index (χ1) is 12.7. The molecule has 0 aliphatic heterocycles. The summed E-state index contributed by atoms with van der Waals surface area (Å²) in [6.45, 7) is 0.363. The number of hydrogen-bond donors (Lipinski definition) is 2. The van der Waals surface area contributed by atoms with Crippen LogP contribution in [0.15, 0.2) is 72.4 Å². The number of nitrogens with zero attached hydrogens (tertiary/aromatic N) is 1. The third kappa shape index (κ3) is 3.05. The molecule has 0 bridgehead atoms. The third-order valence-electron chi connectivity index (χ3n) is 4.24. The van der Waals surface area contributed by atoms with E-state index in [4.69, 9.17) is 4.74 Å². The van der Waals surface area contributed by atoms with Crippen LogP contribution in [0.25, 0.3) is 17.9 Å². The van der Waals surface area contributed by atoms with E-state index in [9.17, 15) is 10.2 Å². The van der Waals surface area contributed by atoms with Crippen molar-refractivity contribution in [2.75, 3.05) is 0 Å². The monoisotopic (exact) mass is 343 g/mol. The fourth-order valence-electron chi connectivity index (χ4n) is 2.93. The maximum atomic E-state index is 10.5. The van der Waals surface area contributed by atoms with Crippen molar-refractivity contribution in [2.24, 2.45) is 0 Å². The van der Waals surface area contributed by atoms with E-state index in [0.29, 0.717) is 28.4 Å². The van der Waals surface area contributed by atoms with E-state index in [2.05, 4.69) is 4.98 Å². The van der Waals surface area contributed by atoms with Crippen LogP contribution in [-0.4, -0.2) is 15.2 Å². The summed E-state index contributed by atoms with van der Waals surface area (Å²) in [7, 11) is 0. The maximum Gasteiger partial charge on any atom is 0.130 e. The predicted octanol–water partition coefficient (Wildman–Crippen LogP) is 2.91. The molecule has 3 aromatic rings. The van der Waals surface area contributed by atoms with Crippen LogP contribution in [0.3, 0.4) is 0 Å². The number of hydrogen-bond acceptors (Lipinski definition) is 4. The Labute approximate surface area is 150 Å². The van der Waals surface area contributed by atoms with E-state index >= 15 is 0 Å². The van der Waals surface area contributed by atoms with Crippen molar-refractivity contribution >= 4 is 17.9 Å². The minimum Gasteiger partial charge on any atom is -0.507 e. The molecule has 0 amide bonds. The Morgan fingerprint density at radius 2 is 1.77 bits per heavy atom. The van der Waals surface area contributed by atoms with Gasteiger partial charge in [-0.15, -0.1) is 0 Å². The Bertz CT molecular complexity index is 1100. The van der Waals surface area contributed by atoms with Crippen molar-refractivity contribution in [3.05, 3.63) is 94.1 Å². The van der Waals surface area contributed by atoms with Gasteiger partial charge in [-0.1, -0.05) is 36.4 Å². The zero-order chi connectivity index (χ0) is 17.9. The number of aromatic hydroxyl groups is 1. The summed E-state index contributed by atoms with van der Waals surface area (Å²) < 4.78 is 5.91. The minimum atomic E-state index is 0.149. The highest BCUT2D eigenvalue weighted by Gasteiger charge is 2.13. The summed E-state index contributed by atoms with van der Waals surface area (Å²) in [6.07, 6.45) is 5.36. The van der Waals surface area contributed by atoms with Crippen LogP contribution in [0, 0.1) is 0 Å². The lowest BCUT2D eigenvalue weighted by molar-refractivity contribution is 0.300. The van der Waals surface area contributed by atoms with Crippen molar-refractivity contribution in [3.8, 4) is 11.5 Å². The Morgan fingerprint density at radius 1 is 0.923 bits per heavy atom. The average molecular weight is 343 g/mol. The first kappa shape index (κ1) is 16.0. The van der Waals surface area contributed by atoms with Gasteiger partial charge in [0.05, 0.1) is 5.69 Å². The fourth-order valence-corrected chi connectivity index (χ4v) is 2.93. The van der Waals surface area contributed by atoms with Gasteiger partial charge in [0.15, 0.2) is 0 Å². The van der Waals surface area contributed by atoms with E-state index < -0.39 is 0 Å². The Kier molecular flexibility index (Phi) is 4.15. The SMILES string of the molecule is OC1=c2cccc(O)c2=C/C1=C\c1ccccc1OCc1ccccn1. The molecule has 128 valence electrons. The van der Waals surface area contributed by atoms with Gasteiger partial charge in [-0.2, -0.15) is 0 Å². The highest BCUT2D eigenvalue weighted by molar-refractivity contribution is 5.86. The number of ether oxygens (including phenoxy) is 1. The number of aromatic nitrogens is 1. The van der Waals surface area contributed by atoms with Crippen molar-refractivity contribution < 1.29 is 14.9 Å². The molecule has 0 saturated carbocycles. The molecule has 2 N–H and O–H groups in total. The van der Waals surface area contributed by atoms with Gasteiger partial charge in [-0.25, -0.2) is 0 Å². The van der Waals surface area contributed by atoms with Crippen LogP contribution in [0.1, 0.15) is 11.3 Å². The van der Waals surface area contributed by atoms with E-state index in [0.717, 1.165) is 11.3 Å². The lowest BCUT2D eigenvalue weighted by Gasteiger charge is -2.09. The molecule has 4 nitrogen and oxygen atoms in total. The molecule has 2 aromatic carbocycles. The molecular formula is C22H17NO3. The van der Waals surface area contributed by atoms with Crippen LogP contribution < -0.4 is 15.2 Å². The number of phenolic OH excluding ortho intramolecular Hbond substituents is 1. The van der Waals surface area contributed by atoms with E-state index in [1.807, 2.05) is 48.5 Å². The number of phenols is 1. The molecule has 1 aliphatic carbocycles. The smallest absolute Gasteiger partial charge is 0.130 e. The standard InChI is InChI=1S/C22H17NO3/c24-20-9-5-8-18-19(20)13-16(22(18)25)12-15-6-1-2-10-21(15)26-14-17-7-3-4-11-23-17/h1-13,24-25H,14H2/b16-12+. The van der Waals surface area contributed by atoms with Crippen molar-refractivity contribution in [1.29, 1.82) is 0 Å². The quantitative estimate of drug-likeness (QED) is 0.765. The highest BCUT2D eigenvalue weighted by Crippen LogP contribution is 2.25. The maximum absolute atomic E-state index is 10.5. The van der Waals surface area contributed by atoms with Crippen molar-refractivity contribution in [3.63, 3.8) is 0 Å². The molecule has 26 heavy (non-hydrogen) atoms. The number of rotatable bonds is 4. The minimum absolute atomic E-state index is 0.149. The first-order valence-corrected chi connectivity index (χ1v) is 8.29. The number of para-hydroxylation sites is 1. The zero-order valence-corrected chi connectivity index (χ0v) is 14.0. The summed E-state index contributed by atoms with van der Waals surface area (Å²) in [5, 5.41) is 21.7. The van der Waals surface area contributed by atoms with Crippen LogP contribution in [0.5, 0.6) is 11.5 Å². The van der Waals surface area contributed by atoms with Crippen molar-refractivity contribution in [2.45, 2.75) is 6.61 Å². The topological polar surface area (TPSA) is 62.6 Å². The fraction of sp³-hybridized carbons (Fsp3) is 0.0455. The molecule has 4 heteroatoms. The lowest BCUT2D eigenvalue weighted by Crippen LogP contribution is -2.22. The molecule has 0 fully saturated rings. The van der Waals surface area contributed by atoms with Crippen LogP contribution in [0.4, 0.5) is 0 Å². The number of benzene rings is 2. The lowest BCUT2D eigenvalue weighted by atomic mass is 10.1. The molecular weight excluding hydrogens is 326 g/mol. The van der Waals surface area contributed by atoms with Crippen molar-refractivity contribution in [1.82, 2.24) is 4.98 Å². The van der Waals surface area contributed by atoms with E-state index in [-0.39, 0.29) is 11.5 Å². The molecule has 1 aliphatic rings. The van der Waals surface area contributed by atoms with Gasteiger partial charge in [0.1, 0.15) is 23.9 Å². The molecule has 0 atom stereocenters. The summed E-state index contributed by atoms with van der Waals surface area (Å²) in [6, 6.07) is 18.4. The largest absolute Gasteiger partial charge is 0.507 e. The van der Waals surface area contributed by atoms with E-state index in [1.54, 1.807) is 30.5 Å². The first-order valence-electron chi connectivity index (χ1n) is 8.29. The van der Waals surface area contributed by atoms with Gasteiger partial charge < -0.3 is 14.9 Å². The number of pyridine rings is 1. The molecule has 0 radical (unpaired) electrons. The zero-order valence-electron chi connectivity index (χ0n) is 14.0. The number of aliphatic hydroxyl groups is 1. The summed E-state index contributed by atoms with van der Waals surface area (Å²) in [5.41, 5.74) is 2.32. The predicted molar refractivity (Wildman–Crippen MR) is 101 cm³/mol. The summed E-state index contributed by atoms with van der Waals surface area (Å²) in [4.78, 5) is 4.26.